The molecule has 0 saturated heterocycles. The van der Waals surface area contributed by atoms with Crippen molar-refractivity contribution in [2.75, 3.05) is 33.1 Å². The van der Waals surface area contributed by atoms with Crippen LogP contribution in [0.2, 0.25) is 0 Å². The van der Waals surface area contributed by atoms with Crippen LogP contribution in [0.1, 0.15) is 17.5 Å². The van der Waals surface area contributed by atoms with Gasteiger partial charge in [-0.2, -0.15) is 0 Å². The molecule has 2 aromatic carbocycles. The molecule has 0 heterocycles. The maximum absolute atomic E-state index is 14.8. The number of anilines is 1. The smallest absolute Gasteiger partial charge is 0.255 e. The van der Waals surface area contributed by atoms with E-state index in [9.17, 15) is 43.6 Å². The number of ketones is 2. The molecule has 2 aromatic rings. The summed E-state index contributed by atoms with van der Waals surface area (Å²) in [5.74, 6) is -9.54. The Morgan fingerprint density at radius 1 is 1.05 bits per heavy atom. The van der Waals surface area contributed by atoms with E-state index in [0.29, 0.717) is 17.3 Å². The molecule has 1 saturated carbocycles. The molecular weight excluding hydrogens is 540 g/mol. The molecule has 10 nitrogen and oxygen atoms in total. The molecule has 5 rings (SSSR count). The summed E-state index contributed by atoms with van der Waals surface area (Å²) in [6.07, 6.45) is 0.00945. The lowest BCUT2D eigenvalue weighted by Crippen LogP contribution is -2.65. The molecule has 6 N–H and O–H groups in total. The number of halogens is 2. The highest BCUT2D eigenvalue weighted by Crippen LogP contribution is 2.55. The lowest BCUT2D eigenvalue weighted by Gasteiger charge is -2.50. The number of phenolic OH excluding ortho intramolecular Hbond substituents is 1. The zero-order valence-corrected chi connectivity index (χ0v) is 22.7. The van der Waals surface area contributed by atoms with Crippen LogP contribution in [0.4, 0.5) is 14.5 Å². The van der Waals surface area contributed by atoms with Gasteiger partial charge in [-0.1, -0.05) is 0 Å². The number of Topliss-reactive ketones (excluding diaryl/α,β-unsaturated/α-hetero) is 2. The van der Waals surface area contributed by atoms with E-state index >= 15 is 0 Å². The number of carbonyl (C=O) groups is 3. The van der Waals surface area contributed by atoms with Crippen LogP contribution in [0.25, 0.3) is 16.9 Å². The Morgan fingerprint density at radius 2 is 1.71 bits per heavy atom. The van der Waals surface area contributed by atoms with Gasteiger partial charge in [-0.05, 0) is 56.6 Å². The van der Waals surface area contributed by atoms with E-state index in [0.717, 1.165) is 12.1 Å². The summed E-state index contributed by atoms with van der Waals surface area (Å²) in [6, 6.07) is 3.09. The van der Waals surface area contributed by atoms with Crippen LogP contribution >= 0.6 is 0 Å². The number of rotatable bonds is 4. The van der Waals surface area contributed by atoms with Gasteiger partial charge in [0.1, 0.15) is 34.5 Å². The number of nitrogens with zero attached hydrogens (tertiary/aromatic N) is 2. The Labute approximate surface area is 233 Å². The lowest BCUT2D eigenvalue weighted by atomic mass is 9.57. The molecule has 0 spiro atoms. The second-order valence-corrected chi connectivity index (χ2v) is 11.1. The van der Waals surface area contributed by atoms with Crippen LogP contribution in [0.5, 0.6) is 5.75 Å². The number of amides is 1. The average Bonchev–Trinajstić information content (AvgIpc) is 2.86. The van der Waals surface area contributed by atoms with Crippen LogP contribution < -0.4 is 10.6 Å². The standard InChI is InChI=1S/C29H29F2N3O7/c1-33(2)18-10-14(13-6-5-12(30)9-17(13)31)23(35)20-15(18)7-11-8-16-22(34(3)4)25(37)21(28(32)40)27(39)29(16,41)26(38)19(11)24(20)36/h5-6,9-11,16,22,35-36,39,41H,7-8H2,1-4H3,(H2,32,40)/t11-,16-,22-,29-/m0/s1. The van der Waals surface area contributed by atoms with Crippen LogP contribution in [-0.4, -0.2) is 82.6 Å². The van der Waals surface area contributed by atoms with Crippen molar-refractivity contribution in [2.45, 2.75) is 24.5 Å². The summed E-state index contributed by atoms with van der Waals surface area (Å²) in [6.45, 7) is 0. The monoisotopic (exact) mass is 569 g/mol. The third-order valence-electron chi connectivity index (χ3n) is 8.40. The lowest BCUT2D eigenvalue weighted by molar-refractivity contribution is -0.153. The topological polar surface area (TPSA) is 165 Å². The number of phenols is 1. The highest BCUT2D eigenvalue weighted by atomic mass is 19.1. The van der Waals surface area contributed by atoms with Crippen molar-refractivity contribution in [3.63, 3.8) is 0 Å². The van der Waals surface area contributed by atoms with Crippen LogP contribution in [0.3, 0.4) is 0 Å². The SMILES string of the molecule is CN(C)c1cc(-c2ccc(F)cc2F)c(O)c2c1C[C@H]1C[C@H]3[C@H](N(C)C)C(=O)C(C(N)=O)=C(O)[C@@]3(O)C(=O)C1=C2O. The minimum absolute atomic E-state index is 0.0618. The van der Waals surface area contributed by atoms with Crippen molar-refractivity contribution in [2.24, 2.45) is 17.6 Å². The number of benzene rings is 2. The van der Waals surface area contributed by atoms with Crippen molar-refractivity contribution < 1.29 is 43.6 Å². The van der Waals surface area contributed by atoms with E-state index < -0.39 is 75.4 Å². The third kappa shape index (κ3) is 3.85. The van der Waals surface area contributed by atoms with Crippen molar-refractivity contribution in [1.29, 1.82) is 0 Å². The summed E-state index contributed by atoms with van der Waals surface area (Å²) < 4.78 is 28.4. The summed E-state index contributed by atoms with van der Waals surface area (Å²) in [7, 11) is 6.42. The minimum atomic E-state index is -2.77. The Bertz CT molecular complexity index is 1610. The number of likely N-dealkylation sites (N-methyl/N-ethyl adjacent to an activating group) is 1. The minimum Gasteiger partial charge on any atom is -0.508 e. The van der Waals surface area contributed by atoms with Gasteiger partial charge < -0.3 is 31.1 Å². The summed E-state index contributed by atoms with van der Waals surface area (Å²) in [5, 5.41) is 45.6. The van der Waals surface area contributed by atoms with Gasteiger partial charge >= 0.3 is 0 Å². The van der Waals surface area contributed by atoms with Crippen LogP contribution in [-0.2, 0) is 20.8 Å². The maximum atomic E-state index is 14.8. The van der Waals surface area contributed by atoms with Gasteiger partial charge in [-0.25, -0.2) is 8.78 Å². The van der Waals surface area contributed by atoms with E-state index in [2.05, 4.69) is 0 Å². The fraction of sp³-hybridized carbons (Fsp3) is 0.345. The molecule has 0 aliphatic heterocycles. The number of aromatic hydroxyl groups is 1. The molecule has 0 aromatic heterocycles. The fourth-order valence-electron chi connectivity index (χ4n) is 6.60. The number of aliphatic hydroxyl groups excluding tert-OH is 2. The van der Waals surface area contributed by atoms with Gasteiger partial charge in [0, 0.05) is 48.5 Å². The molecule has 4 atom stereocenters. The molecule has 41 heavy (non-hydrogen) atoms. The van der Waals surface area contributed by atoms with E-state index in [-0.39, 0.29) is 35.1 Å². The van der Waals surface area contributed by atoms with Crippen molar-refractivity contribution >= 4 is 28.9 Å². The van der Waals surface area contributed by atoms with Crippen LogP contribution in [0.15, 0.2) is 41.2 Å². The number of nitrogens with two attached hydrogens (primary N) is 1. The third-order valence-corrected chi connectivity index (χ3v) is 8.40. The number of primary amides is 1. The highest BCUT2D eigenvalue weighted by molar-refractivity contribution is 6.24. The first-order chi connectivity index (χ1) is 19.1. The fourth-order valence-corrected chi connectivity index (χ4v) is 6.60. The molecule has 1 amide bonds. The molecule has 1 fully saturated rings. The van der Waals surface area contributed by atoms with Gasteiger partial charge in [-0.3, -0.25) is 19.3 Å². The quantitative estimate of drug-likeness (QED) is 0.346. The number of fused-ring (bicyclic) bond motifs is 3. The Balaban J connectivity index is 1.78. The highest BCUT2D eigenvalue weighted by Gasteiger charge is 2.64. The van der Waals surface area contributed by atoms with Gasteiger partial charge in [0.2, 0.25) is 5.78 Å². The van der Waals surface area contributed by atoms with E-state index in [1.807, 2.05) is 0 Å². The number of hydrogen-bond donors (Lipinski definition) is 5. The number of hydrogen-bond acceptors (Lipinski definition) is 9. The van der Waals surface area contributed by atoms with E-state index in [1.54, 1.807) is 19.0 Å². The second-order valence-electron chi connectivity index (χ2n) is 11.1. The average molecular weight is 570 g/mol. The first-order valence-corrected chi connectivity index (χ1v) is 12.8. The Morgan fingerprint density at radius 3 is 2.27 bits per heavy atom. The molecule has 216 valence electrons. The van der Waals surface area contributed by atoms with Gasteiger partial charge in [-0.15, -0.1) is 0 Å². The zero-order chi connectivity index (χ0) is 30.3. The van der Waals surface area contributed by atoms with Gasteiger partial charge in [0.05, 0.1) is 11.6 Å². The van der Waals surface area contributed by atoms with Crippen molar-refractivity contribution in [1.82, 2.24) is 4.90 Å². The first kappa shape index (κ1) is 28.2. The van der Waals surface area contributed by atoms with Gasteiger partial charge in [0.25, 0.3) is 5.91 Å². The molecule has 0 radical (unpaired) electrons. The second kappa shape index (κ2) is 9.38. The molecule has 12 heteroatoms. The number of aliphatic hydroxyl groups is 3. The van der Waals surface area contributed by atoms with Crippen LogP contribution in [0, 0.1) is 23.5 Å². The largest absolute Gasteiger partial charge is 0.508 e. The molecule has 3 aliphatic carbocycles. The van der Waals surface area contributed by atoms with Gasteiger partial charge in [0.15, 0.2) is 11.4 Å². The predicted octanol–water partition coefficient (Wildman–Crippen LogP) is 1.98. The Kier molecular flexibility index (Phi) is 6.47. The molecule has 0 unspecified atom stereocenters. The summed E-state index contributed by atoms with van der Waals surface area (Å²) >= 11 is 0. The van der Waals surface area contributed by atoms with E-state index in [4.69, 9.17) is 5.73 Å². The van der Waals surface area contributed by atoms with Crippen molar-refractivity contribution in [3.05, 3.63) is 63.9 Å². The Hall–Kier alpha value is -4.29. The number of carbonyl (C=O) groups excluding carboxylic acids is 3. The molecule has 3 aliphatic rings. The van der Waals surface area contributed by atoms with E-state index in [1.165, 1.54) is 25.1 Å². The normalized spacial score (nSPS) is 25.7. The maximum Gasteiger partial charge on any atom is 0.255 e. The summed E-state index contributed by atoms with van der Waals surface area (Å²) in [4.78, 5) is 42.5. The van der Waals surface area contributed by atoms with Crippen molar-refractivity contribution in [3.8, 4) is 16.9 Å². The first-order valence-electron chi connectivity index (χ1n) is 12.8. The zero-order valence-electron chi connectivity index (χ0n) is 22.7. The summed E-state index contributed by atoms with van der Waals surface area (Å²) in [5.41, 5.74) is 1.81. The molecular formula is C29H29F2N3O7. The molecule has 0 bridgehead atoms. The predicted molar refractivity (Wildman–Crippen MR) is 144 cm³/mol.